The molecule has 78 valence electrons. The van der Waals surface area contributed by atoms with Crippen molar-refractivity contribution in [2.24, 2.45) is 23.7 Å². The molecule has 2 unspecified atom stereocenters. The Hall–Kier alpha value is 0.0249. The SMILES string of the molecule is BOC(C(C)C(C)C)C(C)C(C)C. The summed E-state index contributed by atoms with van der Waals surface area (Å²) < 4.78 is 5.60. The summed E-state index contributed by atoms with van der Waals surface area (Å²) in [6, 6.07) is 0. The molecular formula is C11H25BO. The third-order valence-electron chi connectivity index (χ3n) is 3.41. The Kier molecular flexibility index (Phi) is 5.70. The number of hydrogen-bond acceptors (Lipinski definition) is 1. The number of hydrogen-bond donors (Lipinski definition) is 0. The minimum Gasteiger partial charge on any atom is -0.441 e. The second-order valence-electron chi connectivity index (χ2n) is 4.91. The zero-order chi connectivity index (χ0) is 10.6. The van der Waals surface area contributed by atoms with Gasteiger partial charge in [0.1, 0.15) is 0 Å². The van der Waals surface area contributed by atoms with Gasteiger partial charge in [0.2, 0.25) is 0 Å². The first-order valence-corrected chi connectivity index (χ1v) is 5.44. The van der Waals surface area contributed by atoms with Gasteiger partial charge in [0.25, 0.3) is 8.05 Å². The van der Waals surface area contributed by atoms with Crippen LogP contribution in [0.25, 0.3) is 0 Å². The highest BCUT2D eigenvalue weighted by atomic mass is 16.4. The predicted molar refractivity (Wildman–Crippen MR) is 61.4 cm³/mol. The fourth-order valence-electron chi connectivity index (χ4n) is 1.67. The van der Waals surface area contributed by atoms with Crippen LogP contribution in [0.5, 0.6) is 0 Å². The molecule has 0 spiro atoms. The molecule has 13 heavy (non-hydrogen) atoms. The maximum atomic E-state index is 5.60. The van der Waals surface area contributed by atoms with Crippen LogP contribution >= 0.6 is 0 Å². The van der Waals surface area contributed by atoms with Gasteiger partial charge in [-0.2, -0.15) is 0 Å². The maximum Gasteiger partial charge on any atom is 0.257 e. The van der Waals surface area contributed by atoms with Crippen molar-refractivity contribution in [3.63, 3.8) is 0 Å². The topological polar surface area (TPSA) is 9.23 Å². The molecular weight excluding hydrogens is 159 g/mol. The van der Waals surface area contributed by atoms with E-state index in [1.165, 1.54) is 0 Å². The summed E-state index contributed by atoms with van der Waals surface area (Å²) >= 11 is 0. The highest BCUT2D eigenvalue weighted by molar-refractivity contribution is 5.98. The quantitative estimate of drug-likeness (QED) is 0.596. The van der Waals surface area contributed by atoms with Crippen molar-refractivity contribution < 1.29 is 4.65 Å². The zero-order valence-electron chi connectivity index (χ0n) is 10.3. The summed E-state index contributed by atoms with van der Waals surface area (Å²) in [4.78, 5) is 0. The molecule has 0 amide bonds. The van der Waals surface area contributed by atoms with Crippen molar-refractivity contribution >= 4 is 8.05 Å². The summed E-state index contributed by atoms with van der Waals surface area (Å²) in [6.07, 6.45) is 0.403. The van der Waals surface area contributed by atoms with Gasteiger partial charge in [-0.15, -0.1) is 0 Å². The highest BCUT2D eigenvalue weighted by Gasteiger charge is 2.26. The normalized spacial score (nSPS) is 19.1. The van der Waals surface area contributed by atoms with Crippen LogP contribution in [0.3, 0.4) is 0 Å². The average molecular weight is 184 g/mol. The average Bonchev–Trinajstić information content (AvgIpc) is 2.04. The lowest BCUT2D eigenvalue weighted by molar-refractivity contribution is 0.0563. The molecule has 1 nitrogen and oxygen atoms in total. The van der Waals surface area contributed by atoms with Gasteiger partial charge in [-0.25, -0.2) is 0 Å². The number of rotatable bonds is 5. The van der Waals surface area contributed by atoms with E-state index < -0.39 is 0 Å². The van der Waals surface area contributed by atoms with Crippen molar-refractivity contribution in [2.45, 2.75) is 47.6 Å². The first-order chi connectivity index (χ1) is 5.91. The van der Waals surface area contributed by atoms with Gasteiger partial charge in [0.15, 0.2) is 0 Å². The first kappa shape index (κ1) is 13.0. The van der Waals surface area contributed by atoms with E-state index in [1.54, 1.807) is 0 Å². The van der Waals surface area contributed by atoms with Crippen LogP contribution in [0.1, 0.15) is 41.5 Å². The van der Waals surface area contributed by atoms with Crippen molar-refractivity contribution in [2.75, 3.05) is 0 Å². The molecule has 0 aromatic carbocycles. The third kappa shape index (κ3) is 3.72. The second kappa shape index (κ2) is 5.69. The molecule has 0 saturated heterocycles. The summed E-state index contributed by atoms with van der Waals surface area (Å²) in [5, 5.41) is 0. The lowest BCUT2D eigenvalue weighted by atomic mass is 9.80. The smallest absolute Gasteiger partial charge is 0.257 e. The third-order valence-corrected chi connectivity index (χ3v) is 3.41. The van der Waals surface area contributed by atoms with Gasteiger partial charge in [0, 0.05) is 6.10 Å². The van der Waals surface area contributed by atoms with Gasteiger partial charge in [-0.3, -0.25) is 0 Å². The van der Waals surface area contributed by atoms with Crippen LogP contribution < -0.4 is 0 Å². The van der Waals surface area contributed by atoms with Crippen molar-refractivity contribution in [3.05, 3.63) is 0 Å². The van der Waals surface area contributed by atoms with Crippen molar-refractivity contribution in [1.29, 1.82) is 0 Å². The summed E-state index contributed by atoms with van der Waals surface area (Å²) in [7, 11) is 1.84. The van der Waals surface area contributed by atoms with E-state index in [0.717, 1.165) is 0 Å². The fraction of sp³-hybridized carbons (Fsp3) is 1.00. The van der Waals surface area contributed by atoms with Crippen LogP contribution in [0, 0.1) is 23.7 Å². The highest BCUT2D eigenvalue weighted by Crippen LogP contribution is 2.27. The Labute approximate surface area is 84.7 Å². The van der Waals surface area contributed by atoms with E-state index in [9.17, 15) is 0 Å². The van der Waals surface area contributed by atoms with E-state index in [-0.39, 0.29) is 0 Å². The van der Waals surface area contributed by atoms with Crippen molar-refractivity contribution in [3.8, 4) is 0 Å². The van der Waals surface area contributed by atoms with E-state index >= 15 is 0 Å². The van der Waals surface area contributed by atoms with Crippen LogP contribution in [0.2, 0.25) is 0 Å². The summed E-state index contributed by atoms with van der Waals surface area (Å²) in [5.41, 5.74) is 0. The molecule has 0 fully saturated rings. The van der Waals surface area contributed by atoms with Crippen LogP contribution in [-0.2, 0) is 4.65 Å². The van der Waals surface area contributed by atoms with E-state index in [1.807, 2.05) is 8.05 Å². The Balaban J connectivity index is 4.31. The molecule has 0 rings (SSSR count). The molecule has 0 heterocycles. The minimum atomic E-state index is 0.403. The maximum absolute atomic E-state index is 5.60. The minimum absolute atomic E-state index is 0.403. The van der Waals surface area contributed by atoms with E-state index in [4.69, 9.17) is 4.65 Å². The Morgan fingerprint density at radius 1 is 0.769 bits per heavy atom. The monoisotopic (exact) mass is 184 g/mol. The van der Waals surface area contributed by atoms with Gasteiger partial charge < -0.3 is 4.65 Å². The van der Waals surface area contributed by atoms with Crippen molar-refractivity contribution in [1.82, 2.24) is 0 Å². The molecule has 0 aliphatic rings. The van der Waals surface area contributed by atoms with Gasteiger partial charge in [-0.05, 0) is 23.7 Å². The zero-order valence-corrected chi connectivity index (χ0v) is 10.3. The molecule has 0 bridgehead atoms. The molecule has 2 heteroatoms. The van der Waals surface area contributed by atoms with Crippen LogP contribution in [0.15, 0.2) is 0 Å². The van der Waals surface area contributed by atoms with Gasteiger partial charge in [0.05, 0.1) is 0 Å². The molecule has 0 aliphatic carbocycles. The lowest BCUT2D eigenvalue weighted by Crippen LogP contribution is -2.34. The summed E-state index contributed by atoms with van der Waals surface area (Å²) in [6.45, 7) is 13.6. The molecule has 0 aromatic heterocycles. The Bertz CT molecular complexity index is 120. The van der Waals surface area contributed by atoms with Gasteiger partial charge >= 0.3 is 0 Å². The molecule has 0 aliphatic heterocycles. The van der Waals surface area contributed by atoms with E-state index in [0.29, 0.717) is 29.8 Å². The van der Waals surface area contributed by atoms with E-state index in [2.05, 4.69) is 41.5 Å². The van der Waals surface area contributed by atoms with Crippen LogP contribution in [0.4, 0.5) is 0 Å². The van der Waals surface area contributed by atoms with Gasteiger partial charge in [-0.1, -0.05) is 41.5 Å². The summed E-state index contributed by atoms with van der Waals surface area (Å²) in [5.74, 6) is 2.68. The van der Waals surface area contributed by atoms with Crippen LogP contribution in [-0.4, -0.2) is 14.2 Å². The first-order valence-electron chi connectivity index (χ1n) is 5.44. The molecule has 0 radical (unpaired) electrons. The fourth-order valence-corrected chi connectivity index (χ4v) is 1.67. The predicted octanol–water partition coefficient (Wildman–Crippen LogP) is 2.50. The molecule has 0 N–H and O–H groups in total. The Morgan fingerprint density at radius 3 is 1.23 bits per heavy atom. The standard InChI is InChI=1S/C11H25BO/c1-7(2)9(5)11(13-12)10(6)8(3)4/h7-11H,12H2,1-6H3. The lowest BCUT2D eigenvalue weighted by Gasteiger charge is -2.33. The molecule has 0 aromatic rings. The Morgan fingerprint density at radius 2 is 1.08 bits per heavy atom. The largest absolute Gasteiger partial charge is 0.441 e. The molecule has 2 atom stereocenters. The second-order valence-corrected chi connectivity index (χ2v) is 4.91. The molecule has 0 saturated carbocycles.